The molecule has 2 aromatic carbocycles. The van der Waals surface area contributed by atoms with Gasteiger partial charge in [0.25, 0.3) is 0 Å². The molecule has 1 aromatic heterocycles. The molecule has 0 radical (unpaired) electrons. The Morgan fingerprint density at radius 2 is 2.05 bits per heavy atom. The fraction of sp³-hybridized carbons (Fsp3) is 0.176. The minimum atomic E-state index is -0.230. The smallest absolute Gasteiger partial charge is 0.176 e. The zero-order valence-corrected chi connectivity index (χ0v) is 11.9. The molecule has 0 aliphatic rings. The summed E-state index contributed by atoms with van der Waals surface area (Å²) in [5, 5.41) is 4.26. The maximum absolute atomic E-state index is 13.1. The lowest BCUT2D eigenvalue weighted by atomic mass is 10.2. The Kier molecular flexibility index (Phi) is 3.52. The number of hydrogen-bond acceptors (Lipinski definition) is 3. The van der Waals surface area contributed by atoms with E-state index in [0.29, 0.717) is 6.54 Å². The quantitative estimate of drug-likeness (QED) is 0.766. The Labute approximate surface area is 122 Å². The van der Waals surface area contributed by atoms with Gasteiger partial charge in [-0.2, -0.15) is 0 Å². The van der Waals surface area contributed by atoms with Crippen LogP contribution in [0.15, 0.2) is 46.9 Å². The summed E-state index contributed by atoms with van der Waals surface area (Å²) in [6.07, 6.45) is 0. The molecule has 0 saturated carbocycles. The number of halogens is 1. The molecule has 3 rings (SSSR count). The van der Waals surface area contributed by atoms with E-state index in [0.717, 1.165) is 33.7 Å². The van der Waals surface area contributed by atoms with Gasteiger partial charge in [0, 0.05) is 11.1 Å². The topological polar surface area (TPSA) is 34.4 Å². The third kappa shape index (κ3) is 2.70. The molecule has 1 heterocycles. The number of rotatable bonds is 4. The molecule has 0 aliphatic heterocycles. The van der Waals surface area contributed by atoms with Gasteiger partial charge in [-0.1, -0.05) is 12.1 Å². The van der Waals surface area contributed by atoms with Crippen LogP contribution in [0.4, 0.5) is 10.1 Å². The van der Waals surface area contributed by atoms with Crippen molar-refractivity contribution in [2.45, 2.75) is 13.5 Å². The van der Waals surface area contributed by atoms with Crippen molar-refractivity contribution in [3.05, 3.63) is 59.6 Å². The zero-order chi connectivity index (χ0) is 14.8. The molecule has 0 saturated heterocycles. The first-order valence-corrected chi connectivity index (χ1v) is 6.73. The molecule has 0 atom stereocenters. The van der Waals surface area contributed by atoms with E-state index >= 15 is 0 Å². The predicted octanol–water partition coefficient (Wildman–Crippen LogP) is 4.50. The van der Waals surface area contributed by atoms with Gasteiger partial charge >= 0.3 is 0 Å². The van der Waals surface area contributed by atoms with Gasteiger partial charge in [0.15, 0.2) is 11.3 Å². The highest BCUT2D eigenvalue weighted by atomic mass is 19.1. The second-order valence-corrected chi connectivity index (χ2v) is 4.90. The highest BCUT2D eigenvalue weighted by Gasteiger charge is 2.08. The van der Waals surface area contributed by atoms with Crippen LogP contribution in [0.1, 0.15) is 11.3 Å². The van der Waals surface area contributed by atoms with Gasteiger partial charge in [-0.15, -0.1) is 0 Å². The molecule has 0 aliphatic carbocycles. The monoisotopic (exact) mass is 285 g/mol. The third-order valence-corrected chi connectivity index (χ3v) is 3.42. The SMILES string of the molecule is COc1cccc2cc(CNc3ccc(F)cc3C)oc12. The molecule has 0 amide bonds. The van der Waals surface area contributed by atoms with Crippen LogP contribution >= 0.6 is 0 Å². The summed E-state index contributed by atoms with van der Waals surface area (Å²) in [6, 6.07) is 12.4. The maximum atomic E-state index is 13.1. The normalized spacial score (nSPS) is 10.8. The summed E-state index contributed by atoms with van der Waals surface area (Å²) in [4.78, 5) is 0. The fourth-order valence-electron chi connectivity index (χ4n) is 2.35. The molecule has 0 unspecified atom stereocenters. The molecule has 108 valence electrons. The molecule has 0 spiro atoms. The predicted molar refractivity (Wildman–Crippen MR) is 81.2 cm³/mol. The van der Waals surface area contributed by atoms with Crippen molar-refractivity contribution in [1.82, 2.24) is 0 Å². The van der Waals surface area contributed by atoms with E-state index in [-0.39, 0.29) is 5.82 Å². The van der Waals surface area contributed by atoms with Crippen LogP contribution < -0.4 is 10.1 Å². The number of fused-ring (bicyclic) bond motifs is 1. The first-order chi connectivity index (χ1) is 10.2. The Balaban J connectivity index is 1.82. The first-order valence-electron chi connectivity index (χ1n) is 6.73. The summed E-state index contributed by atoms with van der Waals surface area (Å²) >= 11 is 0. The average Bonchev–Trinajstić information content (AvgIpc) is 2.89. The number of furan rings is 1. The maximum Gasteiger partial charge on any atom is 0.176 e. The van der Waals surface area contributed by atoms with Crippen LogP contribution in [-0.2, 0) is 6.54 Å². The van der Waals surface area contributed by atoms with Crippen LogP contribution in [0.2, 0.25) is 0 Å². The van der Waals surface area contributed by atoms with E-state index in [1.807, 2.05) is 31.2 Å². The van der Waals surface area contributed by atoms with Crippen molar-refractivity contribution in [2.75, 3.05) is 12.4 Å². The van der Waals surface area contributed by atoms with E-state index in [1.54, 1.807) is 13.2 Å². The number of aryl methyl sites for hydroxylation is 1. The van der Waals surface area contributed by atoms with Crippen LogP contribution in [0.3, 0.4) is 0 Å². The van der Waals surface area contributed by atoms with Crippen LogP contribution in [0, 0.1) is 12.7 Å². The molecule has 3 aromatic rings. The molecule has 1 N–H and O–H groups in total. The number of para-hydroxylation sites is 1. The summed E-state index contributed by atoms with van der Waals surface area (Å²) < 4.78 is 24.2. The second kappa shape index (κ2) is 5.48. The van der Waals surface area contributed by atoms with Gasteiger partial charge in [0.05, 0.1) is 13.7 Å². The van der Waals surface area contributed by atoms with E-state index in [9.17, 15) is 4.39 Å². The number of nitrogens with one attached hydrogen (secondary N) is 1. The average molecular weight is 285 g/mol. The molecule has 4 heteroatoms. The number of hydrogen-bond donors (Lipinski definition) is 1. The molecule has 0 bridgehead atoms. The zero-order valence-electron chi connectivity index (χ0n) is 11.9. The van der Waals surface area contributed by atoms with Gasteiger partial charge in [0.2, 0.25) is 0 Å². The van der Waals surface area contributed by atoms with Crippen LogP contribution in [-0.4, -0.2) is 7.11 Å². The molecular formula is C17H16FNO2. The highest BCUT2D eigenvalue weighted by Crippen LogP contribution is 2.29. The number of benzene rings is 2. The van der Waals surface area contributed by atoms with E-state index in [2.05, 4.69) is 5.32 Å². The van der Waals surface area contributed by atoms with Crippen molar-refractivity contribution in [2.24, 2.45) is 0 Å². The first kappa shape index (κ1) is 13.5. The minimum Gasteiger partial charge on any atom is -0.493 e. The lowest BCUT2D eigenvalue weighted by Crippen LogP contribution is -2.00. The van der Waals surface area contributed by atoms with Gasteiger partial charge in [-0.05, 0) is 42.8 Å². The Morgan fingerprint density at radius 1 is 1.19 bits per heavy atom. The summed E-state index contributed by atoms with van der Waals surface area (Å²) in [6.45, 7) is 2.40. The summed E-state index contributed by atoms with van der Waals surface area (Å²) in [7, 11) is 1.62. The van der Waals surface area contributed by atoms with Gasteiger partial charge < -0.3 is 14.5 Å². The standard InChI is InChI=1S/C17H16FNO2/c1-11-8-13(18)6-7-15(11)19-10-14-9-12-4-3-5-16(20-2)17(12)21-14/h3-9,19H,10H2,1-2H3. The largest absolute Gasteiger partial charge is 0.493 e. The Bertz CT molecular complexity index is 780. The van der Waals surface area contributed by atoms with Crippen molar-refractivity contribution in [3.63, 3.8) is 0 Å². The lowest BCUT2D eigenvalue weighted by molar-refractivity contribution is 0.408. The Morgan fingerprint density at radius 3 is 2.81 bits per heavy atom. The minimum absolute atomic E-state index is 0.230. The number of anilines is 1. The molecule has 0 fully saturated rings. The molecule has 21 heavy (non-hydrogen) atoms. The van der Waals surface area contributed by atoms with E-state index in [4.69, 9.17) is 9.15 Å². The second-order valence-electron chi connectivity index (χ2n) is 4.90. The molecular weight excluding hydrogens is 269 g/mol. The third-order valence-electron chi connectivity index (χ3n) is 3.42. The van der Waals surface area contributed by atoms with Crippen LogP contribution in [0.5, 0.6) is 5.75 Å². The Hall–Kier alpha value is -2.49. The van der Waals surface area contributed by atoms with Gasteiger partial charge in [-0.3, -0.25) is 0 Å². The highest BCUT2D eigenvalue weighted by molar-refractivity contribution is 5.83. The van der Waals surface area contributed by atoms with Gasteiger partial charge in [0.1, 0.15) is 11.6 Å². The summed E-state index contributed by atoms with van der Waals surface area (Å²) in [5.74, 6) is 1.29. The van der Waals surface area contributed by atoms with Crippen molar-refractivity contribution in [3.8, 4) is 5.75 Å². The van der Waals surface area contributed by atoms with Crippen molar-refractivity contribution < 1.29 is 13.5 Å². The van der Waals surface area contributed by atoms with E-state index in [1.165, 1.54) is 12.1 Å². The van der Waals surface area contributed by atoms with Crippen LogP contribution in [0.25, 0.3) is 11.0 Å². The lowest BCUT2D eigenvalue weighted by Gasteiger charge is -2.07. The summed E-state index contributed by atoms with van der Waals surface area (Å²) in [5.41, 5.74) is 2.50. The number of methoxy groups -OCH3 is 1. The molecule has 3 nitrogen and oxygen atoms in total. The van der Waals surface area contributed by atoms with E-state index < -0.39 is 0 Å². The van der Waals surface area contributed by atoms with Crippen molar-refractivity contribution in [1.29, 1.82) is 0 Å². The van der Waals surface area contributed by atoms with Gasteiger partial charge in [-0.25, -0.2) is 4.39 Å². The van der Waals surface area contributed by atoms with Crippen molar-refractivity contribution >= 4 is 16.7 Å². The number of ether oxygens (including phenoxy) is 1. The fourth-order valence-corrected chi connectivity index (χ4v) is 2.35.